The quantitative estimate of drug-likeness (QED) is 0.679. The Labute approximate surface area is 112 Å². The summed E-state index contributed by atoms with van der Waals surface area (Å²) in [6, 6.07) is 0. The monoisotopic (exact) mass is 269 g/mol. The van der Waals surface area contributed by atoms with Gasteiger partial charge in [-0.3, -0.25) is 14.5 Å². The molecule has 2 aliphatic rings. The normalized spacial score (nSPS) is 20.3. The molecule has 2 aliphatic heterocycles. The highest BCUT2D eigenvalue weighted by atomic mass is 16.6. The standard InChI is InChI=1S/C12H19N3O4/c1-10(16)13-4-6-14(7-5-13)11(17)9-15-3-2-8-19-12(15)18/h2-9H2,1H3. The van der Waals surface area contributed by atoms with Crippen molar-refractivity contribution in [2.24, 2.45) is 0 Å². The average Bonchev–Trinajstić information content (AvgIpc) is 2.41. The van der Waals surface area contributed by atoms with Crippen molar-refractivity contribution in [3.8, 4) is 0 Å². The summed E-state index contributed by atoms with van der Waals surface area (Å²) in [7, 11) is 0. The Kier molecular flexibility index (Phi) is 4.24. The van der Waals surface area contributed by atoms with Crippen molar-refractivity contribution in [1.82, 2.24) is 14.7 Å². The first kappa shape index (κ1) is 13.6. The lowest BCUT2D eigenvalue weighted by molar-refractivity contribution is -0.139. The molecule has 19 heavy (non-hydrogen) atoms. The Bertz CT molecular complexity index is 377. The number of amides is 3. The van der Waals surface area contributed by atoms with Crippen molar-refractivity contribution in [3.05, 3.63) is 0 Å². The zero-order valence-electron chi connectivity index (χ0n) is 11.1. The van der Waals surface area contributed by atoms with E-state index in [1.807, 2.05) is 0 Å². The molecule has 0 aromatic carbocycles. The van der Waals surface area contributed by atoms with E-state index < -0.39 is 6.09 Å². The summed E-state index contributed by atoms with van der Waals surface area (Å²) in [4.78, 5) is 39.5. The van der Waals surface area contributed by atoms with Crippen molar-refractivity contribution >= 4 is 17.9 Å². The van der Waals surface area contributed by atoms with Crippen LogP contribution in [0.3, 0.4) is 0 Å². The lowest BCUT2D eigenvalue weighted by Gasteiger charge is -2.35. The van der Waals surface area contributed by atoms with Gasteiger partial charge in [0.1, 0.15) is 6.54 Å². The minimum absolute atomic E-state index is 0.0340. The van der Waals surface area contributed by atoms with Gasteiger partial charge < -0.3 is 14.5 Å². The van der Waals surface area contributed by atoms with Gasteiger partial charge in [0.25, 0.3) is 0 Å². The number of carbonyl (C=O) groups excluding carboxylic acids is 3. The molecule has 0 radical (unpaired) electrons. The van der Waals surface area contributed by atoms with Gasteiger partial charge in [-0.2, -0.15) is 0 Å². The minimum Gasteiger partial charge on any atom is -0.449 e. The van der Waals surface area contributed by atoms with Crippen molar-refractivity contribution in [1.29, 1.82) is 0 Å². The van der Waals surface area contributed by atoms with E-state index in [0.29, 0.717) is 39.3 Å². The number of ether oxygens (including phenoxy) is 1. The summed E-state index contributed by atoms with van der Waals surface area (Å²) < 4.78 is 4.89. The summed E-state index contributed by atoms with van der Waals surface area (Å²) in [6.45, 7) is 4.78. The molecule has 2 heterocycles. The van der Waals surface area contributed by atoms with Crippen LogP contribution in [0.4, 0.5) is 4.79 Å². The van der Waals surface area contributed by atoms with Crippen LogP contribution in [0.1, 0.15) is 13.3 Å². The molecule has 0 spiro atoms. The van der Waals surface area contributed by atoms with Crippen LogP contribution in [0.5, 0.6) is 0 Å². The van der Waals surface area contributed by atoms with Gasteiger partial charge in [0.15, 0.2) is 0 Å². The maximum atomic E-state index is 12.1. The van der Waals surface area contributed by atoms with E-state index in [-0.39, 0.29) is 18.4 Å². The van der Waals surface area contributed by atoms with E-state index in [2.05, 4.69) is 0 Å². The molecule has 0 atom stereocenters. The first-order valence-electron chi connectivity index (χ1n) is 6.53. The third kappa shape index (κ3) is 3.36. The molecule has 0 unspecified atom stereocenters. The highest BCUT2D eigenvalue weighted by molar-refractivity contribution is 5.83. The Morgan fingerprint density at radius 1 is 1.11 bits per heavy atom. The number of hydrogen-bond donors (Lipinski definition) is 0. The van der Waals surface area contributed by atoms with E-state index in [4.69, 9.17) is 4.74 Å². The third-order valence-electron chi connectivity index (χ3n) is 3.46. The molecule has 2 rings (SSSR count). The molecule has 106 valence electrons. The van der Waals surface area contributed by atoms with Crippen molar-refractivity contribution in [2.75, 3.05) is 45.9 Å². The molecule has 7 nitrogen and oxygen atoms in total. The van der Waals surface area contributed by atoms with Crippen LogP contribution in [0, 0.1) is 0 Å². The van der Waals surface area contributed by atoms with Crippen LogP contribution in [-0.4, -0.2) is 78.5 Å². The van der Waals surface area contributed by atoms with Crippen LogP contribution >= 0.6 is 0 Å². The van der Waals surface area contributed by atoms with Crippen LogP contribution in [0.15, 0.2) is 0 Å². The second-order valence-corrected chi connectivity index (χ2v) is 4.78. The van der Waals surface area contributed by atoms with Gasteiger partial charge >= 0.3 is 6.09 Å². The molecule has 7 heteroatoms. The molecule has 2 fully saturated rings. The Hall–Kier alpha value is -1.79. The maximum Gasteiger partial charge on any atom is 0.410 e. The number of cyclic esters (lactones) is 1. The fraction of sp³-hybridized carbons (Fsp3) is 0.750. The lowest BCUT2D eigenvalue weighted by atomic mass is 10.3. The molecule has 0 aliphatic carbocycles. The maximum absolute atomic E-state index is 12.1. The van der Waals surface area contributed by atoms with Gasteiger partial charge in [0.2, 0.25) is 11.8 Å². The smallest absolute Gasteiger partial charge is 0.410 e. The van der Waals surface area contributed by atoms with Crippen molar-refractivity contribution < 1.29 is 19.1 Å². The van der Waals surface area contributed by atoms with Crippen LogP contribution < -0.4 is 0 Å². The van der Waals surface area contributed by atoms with E-state index in [1.54, 1.807) is 9.80 Å². The predicted molar refractivity (Wildman–Crippen MR) is 66.4 cm³/mol. The van der Waals surface area contributed by atoms with E-state index in [9.17, 15) is 14.4 Å². The summed E-state index contributed by atoms with van der Waals surface area (Å²) in [5.41, 5.74) is 0. The van der Waals surface area contributed by atoms with Crippen molar-refractivity contribution in [3.63, 3.8) is 0 Å². The SMILES string of the molecule is CC(=O)N1CCN(C(=O)CN2CCCOC2=O)CC1. The van der Waals surface area contributed by atoms with Crippen LogP contribution in [0.2, 0.25) is 0 Å². The number of piperazine rings is 1. The Morgan fingerprint density at radius 3 is 2.32 bits per heavy atom. The molecule has 3 amide bonds. The zero-order chi connectivity index (χ0) is 13.8. The third-order valence-corrected chi connectivity index (χ3v) is 3.46. The Morgan fingerprint density at radius 2 is 1.74 bits per heavy atom. The van der Waals surface area contributed by atoms with E-state index >= 15 is 0 Å². The van der Waals surface area contributed by atoms with Gasteiger partial charge in [-0.05, 0) is 6.42 Å². The van der Waals surface area contributed by atoms with Gasteiger partial charge in [0.05, 0.1) is 6.61 Å². The first-order chi connectivity index (χ1) is 9.08. The van der Waals surface area contributed by atoms with Gasteiger partial charge in [0, 0.05) is 39.6 Å². The molecule has 0 N–H and O–H groups in total. The molecular formula is C12H19N3O4. The van der Waals surface area contributed by atoms with Gasteiger partial charge in [-0.15, -0.1) is 0 Å². The fourth-order valence-electron chi connectivity index (χ4n) is 2.28. The van der Waals surface area contributed by atoms with Crippen LogP contribution in [0.25, 0.3) is 0 Å². The van der Waals surface area contributed by atoms with E-state index in [0.717, 1.165) is 6.42 Å². The highest BCUT2D eigenvalue weighted by Gasteiger charge is 2.27. The van der Waals surface area contributed by atoms with Crippen molar-refractivity contribution in [2.45, 2.75) is 13.3 Å². The average molecular weight is 269 g/mol. The zero-order valence-corrected chi connectivity index (χ0v) is 11.1. The lowest BCUT2D eigenvalue weighted by Crippen LogP contribution is -2.53. The number of hydrogen-bond acceptors (Lipinski definition) is 4. The summed E-state index contributed by atoms with van der Waals surface area (Å²) in [5.74, 6) is -0.0474. The second kappa shape index (κ2) is 5.90. The summed E-state index contributed by atoms with van der Waals surface area (Å²) in [6.07, 6.45) is 0.346. The molecule has 2 saturated heterocycles. The molecule has 0 aromatic rings. The topological polar surface area (TPSA) is 70.2 Å². The summed E-state index contributed by atoms with van der Waals surface area (Å²) >= 11 is 0. The number of carbonyl (C=O) groups is 3. The summed E-state index contributed by atoms with van der Waals surface area (Å²) in [5, 5.41) is 0. The molecule has 0 bridgehead atoms. The minimum atomic E-state index is -0.415. The molecule has 0 aromatic heterocycles. The second-order valence-electron chi connectivity index (χ2n) is 4.78. The van der Waals surface area contributed by atoms with Gasteiger partial charge in [-0.1, -0.05) is 0 Å². The molecular weight excluding hydrogens is 250 g/mol. The Balaban J connectivity index is 1.81. The fourth-order valence-corrected chi connectivity index (χ4v) is 2.28. The predicted octanol–water partition coefficient (Wildman–Crippen LogP) is -0.481. The highest BCUT2D eigenvalue weighted by Crippen LogP contribution is 2.07. The van der Waals surface area contributed by atoms with Crippen LogP contribution in [-0.2, 0) is 14.3 Å². The largest absolute Gasteiger partial charge is 0.449 e. The first-order valence-corrected chi connectivity index (χ1v) is 6.53. The van der Waals surface area contributed by atoms with E-state index in [1.165, 1.54) is 11.8 Å². The number of nitrogens with zero attached hydrogens (tertiary/aromatic N) is 3. The van der Waals surface area contributed by atoms with Gasteiger partial charge in [-0.25, -0.2) is 4.79 Å². The molecule has 0 saturated carbocycles. The number of rotatable bonds is 2.